The van der Waals surface area contributed by atoms with Crippen molar-refractivity contribution in [1.29, 1.82) is 0 Å². The fourth-order valence-electron chi connectivity index (χ4n) is 3.73. The number of Topliss-reactive ketones (excluding diaryl/α,β-unsaturated/α-hetero) is 1. The first-order valence-corrected chi connectivity index (χ1v) is 10.4. The number of aromatic nitrogens is 2. The molecule has 2 aromatic heterocycles. The first-order valence-electron chi connectivity index (χ1n) is 10.4. The topological polar surface area (TPSA) is 92.6 Å². The van der Waals surface area contributed by atoms with Crippen LogP contribution in [0.15, 0.2) is 78.9 Å². The van der Waals surface area contributed by atoms with E-state index in [4.69, 9.17) is 4.74 Å². The number of nitrogens with zero attached hydrogens (tertiary/aromatic N) is 3. The monoisotopic (exact) mass is 429 g/mol. The molecule has 7 nitrogen and oxygen atoms in total. The Morgan fingerprint density at radius 1 is 1.03 bits per heavy atom. The third kappa shape index (κ3) is 4.23. The highest BCUT2D eigenvalue weighted by Gasteiger charge is 2.46. The van der Waals surface area contributed by atoms with Gasteiger partial charge in [-0.25, -0.2) is 0 Å². The lowest BCUT2D eigenvalue weighted by Gasteiger charge is -2.25. The first kappa shape index (κ1) is 21.2. The van der Waals surface area contributed by atoms with Crippen molar-refractivity contribution in [3.05, 3.63) is 95.6 Å². The number of aliphatic hydroxyl groups is 1. The molecule has 0 aliphatic carbocycles. The van der Waals surface area contributed by atoms with Crippen LogP contribution >= 0.6 is 0 Å². The number of carbonyl (C=O) groups is 2. The number of rotatable bonds is 7. The van der Waals surface area contributed by atoms with Crippen LogP contribution in [0, 0.1) is 0 Å². The van der Waals surface area contributed by atoms with Crippen molar-refractivity contribution in [2.75, 3.05) is 6.61 Å². The molecule has 3 heterocycles. The minimum Gasteiger partial charge on any atom is -0.507 e. The number of hydrogen-bond donors (Lipinski definition) is 1. The van der Waals surface area contributed by atoms with Crippen LogP contribution in [0.2, 0.25) is 0 Å². The molecule has 1 aliphatic heterocycles. The number of ketones is 1. The van der Waals surface area contributed by atoms with Gasteiger partial charge in [0, 0.05) is 36.9 Å². The van der Waals surface area contributed by atoms with Crippen LogP contribution in [-0.4, -0.2) is 38.3 Å². The van der Waals surface area contributed by atoms with E-state index < -0.39 is 17.7 Å². The number of carbonyl (C=O) groups excluding carboxylic acids is 2. The normalized spacial score (nSPS) is 17.5. The lowest BCUT2D eigenvalue weighted by Crippen LogP contribution is -2.29. The summed E-state index contributed by atoms with van der Waals surface area (Å²) in [4.78, 5) is 35.6. The molecule has 32 heavy (non-hydrogen) atoms. The summed E-state index contributed by atoms with van der Waals surface area (Å²) in [7, 11) is 0. The Hall–Kier alpha value is -4.00. The van der Waals surface area contributed by atoms with Crippen molar-refractivity contribution in [3.8, 4) is 5.75 Å². The van der Waals surface area contributed by atoms with Crippen LogP contribution in [0.3, 0.4) is 0 Å². The molecular weight excluding hydrogens is 406 g/mol. The molecular formula is C25H23N3O4. The molecule has 0 radical (unpaired) electrons. The van der Waals surface area contributed by atoms with Gasteiger partial charge in [0.25, 0.3) is 11.7 Å². The van der Waals surface area contributed by atoms with Crippen LogP contribution in [0.1, 0.15) is 36.1 Å². The van der Waals surface area contributed by atoms with Gasteiger partial charge in [0.2, 0.25) is 0 Å². The maximum absolute atomic E-state index is 13.1. The van der Waals surface area contributed by atoms with Gasteiger partial charge >= 0.3 is 0 Å². The van der Waals surface area contributed by atoms with E-state index in [0.29, 0.717) is 23.5 Å². The standard InChI is InChI=1S/C25H23N3O4/c1-2-14-32-20-5-3-4-19(15-20)23(29)21-22(18-8-12-27-13-9-18)28(25(31)24(21)30)16-17-6-10-26-11-7-17/h3-13,15,22,29H,2,14,16H2,1H3. The SMILES string of the molecule is CCCOc1cccc(C(O)=C2C(=O)C(=O)N(Cc3ccncc3)C2c2ccncc2)c1. The number of hydrogen-bond acceptors (Lipinski definition) is 6. The van der Waals surface area contributed by atoms with Crippen molar-refractivity contribution >= 4 is 17.4 Å². The Kier molecular flexibility index (Phi) is 6.26. The number of likely N-dealkylation sites (tertiary alicyclic amines) is 1. The van der Waals surface area contributed by atoms with Crippen molar-refractivity contribution < 1.29 is 19.4 Å². The average Bonchev–Trinajstić information content (AvgIpc) is 3.08. The van der Waals surface area contributed by atoms with Gasteiger partial charge in [0.15, 0.2) is 0 Å². The third-order valence-corrected chi connectivity index (χ3v) is 5.24. The Morgan fingerprint density at radius 3 is 2.41 bits per heavy atom. The van der Waals surface area contributed by atoms with Crippen molar-refractivity contribution in [2.24, 2.45) is 0 Å². The molecule has 1 atom stereocenters. The average molecular weight is 429 g/mol. The smallest absolute Gasteiger partial charge is 0.295 e. The van der Waals surface area contributed by atoms with E-state index in [-0.39, 0.29) is 17.9 Å². The number of benzene rings is 1. The van der Waals surface area contributed by atoms with Crippen molar-refractivity contribution in [3.63, 3.8) is 0 Å². The molecule has 4 rings (SSSR count). The molecule has 1 amide bonds. The van der Waals surface area contributed by atoms with E-state index in [0.717, 1.165) is 12.0 Å². The molecule has 1 aliphatic rings. The van der Waals surface area contributed by atoms with E-state index >= 15 is 0 Å². The predicted octanol–water partition coefficient (Wildman–Crippen LogP) is 3.89. The lowest BCUT2D eigenvalue weighted by molar-refractivity contribution is -0.140. The van der Waals surface area contributed by atoms with Crippen LogP contribution in [-0.2, 0) is 16.1 Å². The van der Waals surface area contributed by atoms with E-state index in [9.17, 15) is 14.7 Å². The molecule has 1 aromatic carbocycles. The summed E-state index contributed by atoms with van der Waals surface area (Å²) < 4.78 is 5.66. The summed E-state index contributed by atoms with van der Waals surface area (Å²) in [5.41, 5.74) is 1.98. The largest absolute Gasteiger partial charge is 0.507 e. The zero-order chi connectivity index (χ0) is 22.5. The van der Waals surface area contributed by atoms with Gasteiger partial charge in [-0.2, -0.15) is 0 Å². The number of ether oxygens (including phenoxy) is 1. The molecule has 1 N–H and O–H groups in total. The zero-order valence-corrected chi connectivity index (χ0v) is 17.6. The third-order valence-electron chi connectivity index (χ3n) is 5.24. The van der Waals surface area contributed by atoms with Crippen LogP contribution < -0.4 is 4.74 Å². The second-order valence-corrected chi connectivity index (χ2v) is 7.44. The first-order chi connectivity index (χ1) is 15.6. The van der Waals surface area contributed by atoms with Gasteiger partial charge in [-0.15, -0.1) is 0 Å². The Balaban J connectivity index is 1.80. The molecule has 1 saturated heterocycles. The van der Waals surface area contributed by atoms with E-state index in [1.807, 2.05) is 6.92 Å². The molecule has 1 fully saturated rings. The molecule has 0 bridgehead atoms. The fraction of sp³-hybridized carbons (Fsp3) is 0.200. The van der Waals surface area contributed by atoms with E-state index in [2.05, 4.69) is 9.97 Å². The quantitative estimate of drug-likeness (QED) is 0.348. The van der Waals surface area contributed by atoms with Crippen molar-refractivity contribution in [1.82, 2.24) is 14.9 Å². The van der Waals surface area contributed by atoms with Gasteiger partial charge in [0.05, 0.1) is 18.2 Å². The summed E-state index contributed by atoms with van der Waals surface area (Å²) in [6.07, 6.45) is 7.31. The Morgan fingerprint density at radius 2 is 1.72 bits per heavy atom. The highest BCUT2D eigenvalue weighted by Crippen LogP contribution is 2.40. The minimum atomic E-state index is -0.744. The second-order valence-electron chi connectivity index (χ2n) is 7.44. The minimum absolute atomic E-state index is 0.0443. The maximum Gasteiger partial charge on any atom is 0.295 e. The van der Waals surface area contributed by atoms with Crippen molar-refractivity contribution in [2.45, 2.75) is 25.9 Å². The van der Waals surface area contributed by atoms with Gasteiger partial charge in [-0.3, -0.25) is 19.6 Å². The fourth-order valence-corrected chi connectivity index (χ4v) is 3.73. The van der Waals surface area contributed by atoms with E-state index in [1.165, 1.54) is 4.90 Å². The molecule has 0 spiro atoms. The van der Waals surface area contributed by atoms with Gasteiger partial charge in [0.1, 0.15) is 11.5 Å². The molecule has 1 unspecified atom stereocenters. The molecule has 7 heteroatoms. The highest BCUT2D eigenvalue weighted by molar-refractivity contribution is 6.46. The summed E-state index contributed by atoms with van der Waals surface area (Å²) >= 11 is 0. The number of aliphatic hydroxyl groups excluding tert-OH is 1. The van der Waals surface area contributed by atoms with Gasteiger partial charge in [-0.1, -0.05) is 19.1 Å². The number of amides is 1. The van der Waals surface area contributed by atoms with Crippen LogP contribution in [0.5, 0.6) is 5.75 Å². The Bertz CT molecular complexity index is 1150. The highest BCUT2D eigenvalue weighted by atomic mass is 16.5. The summed E-state index contributed by atoms with van der Waals surface area (Å²) in [5.74, 6) is -1.03. The Labute approximate surface area is 186 Å². The molecule has 162 valence electrons. The van der Waals surface area contributed by atoms with E-state index in [1.54, 1.807) is 73.3 Å². The summed E-state index contributed by atoms with van der Waals surface area (Å²) in [6, 6.07) is 13.2. The zero-order valence-electron chi connectivity index (χ0n) is 17.6. The predicted molar refractivity (Wildman–Crippen MR) is 119 cm³/mol. The van der Waals surface area contributed by atoms with Gasteiger partial charge in [-0.05, 0) is 53.9 Å². The lowest BCUT2D eigenvalue weighted by atomic mass is 9.95. The maximum atomic E-state index is 13.1. The number of pyridine rings is 2. The second kappa shape index (κ2) is 9.43. The summed E-state index contributed by atoms with van der Waals surface area (Å²) in [6.45, 7) is 2.75. The van der Waals surface area contributed by atoms with Crippen LogP contribution in [0.25, 0.3) is 5.76 Å². The molecule has 3 aromatic rings. The summed E-state index contributed by atoms with van der Waals surface area (Å²) in [5, 5.41) is 11.2. The van der Waals surface area contributed by atoms with Crippen LogP contribution in [0.4, 0.5) is 0 Å². The molecule has 0 saturated carbocycles. The van der Waals surface area contributed by atoms with Gasteiger partial charge < -0.3 is 14.7 Å².